The van der Waals surface area contributed by atoms with Crippen molar-refractivity contribution < 1.29 is 23.9 Å². The van der Waals surface area contributed by atoms with E-state index in [-0.39, 0.29) is 25.4 Å². The van der Waals surface area contributed by atoms with Crippen LogP contribution in [0.5, 0.6) is 0 Å². The minimum atomic E-state index is -1.36. The third-order valence-electron chi connectivity index (χ3n) is 7.27. The van der Waals surface area contributed by atoms with Gasteiger partial charge in [-0.2, -0.15) is 0 Å². The van der Waals surface area contributed by atoms with Crippen LogP contribution in [0.1, 0.15) is 63.7 Å². The van der Waals surface area contributed by atoms with Gasteiger partial charge >= 0.3 is 12.1 Å². The zero-order valence-corrected chi connectivity index (χ0v) is 22.6. The lowest BCUT2D eigenvalue weighted by molar-refractivity contribution is -0.203. The molecule has 0 unspecified atom stereocenters. The number of amides is 2. The number of esters is 1. The summed E-state index contributed by atoms with van der Waals surface area (Å²) in [6.45, 7) is 15.0. The minimum absolute atomic E-state index is 0.118. The van der Waals surface area contributed by atoms with E-state index in [1.54, 1.807) is 49.6 Å². The van der Waals surface area contributed by atoms with Gasteiger partial charge in [-0.15, -0.1) is 13.2 Å². The first kappa shape index (κ1) is 27.2. The van der Waals surface area contributed by atoms with Gasteiger partial charge in [-0.05, 0) is 51.7 Å². The molecule has 2 amide bonds. The summed E-state index contributed by atoms with van der Waals surface area (Å²) in [5.41, 5.74) is -1.81. The van der Waals surface area contributed by atoms with Crippen LogP contribution in [0.3, 0.4) is 0 Å². The van der Waals surface area contributed by atoms with Crippen LogP contribution in [0.2, 0.25) is 0 Å². The molecule has 0 N–H and O–H groups in total. The Bertz CT molecular complexity index is 1220. The van der Waals surface area contributed by atoms with Crippen molar-refractivity contribution in [2.75, 3.05) is 6.61 Å². The molecule has 4 atom stereocenters. The van der Waals surface area contributed by atoms with Crippen LogP contribution in [0.15, 0.2) is 86.0 Å². The molecule has 2 heterocycles. The number of hydrogen-bond acceptors (Lipinski definition) is 5. The van der Waals surface area contributed by atoms with Gasteiger partial charge in [0.1, 0.15) is 17.7 Å². The number of rotatable bonds is 9. The highest BCUT2D eigenvalue weighted by Crippen LogP contribution is 2.56. The van der Waals surface area contributed by atoms with Crippen LogP contribution < -0.4 is 0 Å². The third-order valence-corrected chi connectivity index (χ3v) is 7.27. The summed E-state index contributed by atoms with van der Waals surface area (Å²) < 4.78 is 11.4. The molecule has 0 radical (unpaired) electrons. The van der Waals surface area contributed by atoms with Crippen molar-refractivity contribution in [2.24, 2.45) is 0 Å². The second-order valence-electron chi connectivity index (χ2n) is 11.0. The van der Waals surface area contributed by atoms with Gasteiger partial charge in [-0.3, -0.25) is 9.69 Å². The summed E-state index contributed by atoms with van der Waals surface area (Å²) in [6.07, 6.45) is 3.05. The van der Waals surface area contributed by atoms with E-state index >= 15 is 0 Å². The maximum atomic E-state index is 14.5. The van der Waals surface area contributed by atoms with E-state index in [0.29, 0.717) is 0 Å². The lowest BCUT2D eigenvalue weighted by Gasteiger charge is -2.63. The van der Waals surface area contributed by atoms with Crippen LogP contribution in [0.25, 0.3) is 0 Å². The van der Waals surface area contributed by atoms with Gasteiger partial charge in [0.2, 0.25) is 0 Å². The lowest BCUT2D eigenvalue weighted by Crippen LogP contribution is -2.80. The van der Waals surface area contributed by atoms with Gasteiger partial charge in [0.25, 0.3) is 5.91 Å². The SMILES string of the molecule is C=CC[C@](C)(C(=O)OC(C)(C)C)N1C(=O)[C@@](CC=C)(N2C(=O)OC[C@@H]2c2ccccc2)[C@H]1c1ccccc1. The molecule has 2 aliphatic heterocycles. The number of carbonyl (C=O) groups excluding carboxylic acids is 3. The Labute approximate surface area is 224 Å². The van der Waals surface area contributed by atoms with E-state index in [4.69, 9.17) is 9.47 Å². The molecule has 200 valence electrons. The normalized spacial score (nSPS) is 24.7. The van der Waals surface area contributed by atoms with Gasteiger partial charge in [0.15, 0.2) is 5.54 Å². The first-order valence-electron chi connectivity index (χ1n) is 12.9. The Morgan fingerprint density at radius 2 is 1.58 bits per heavy atom. The molecular formula is C31H36N2O5. The molecule has 38 heavy (non-hydrogen) atoms. The molecule has 0 aromatic heterocycles. The molecule has 2 fully saturated rings. The molecule has 2 aromatic rings. The molecule has 7 nitrogen and oxygen atoms in total. The van der Waals surface area contributed by atoms with Crippen molar-refractivity contribution >= 4 is 18.0 Å². The quantitative estimate of drug-likeness (QED) is 0.241. The van der Waals surface area contributed by atoms with Crippen LogP contribution in [-0.4, -0.2) is 51.1 Å². The number of likely N-dealkylation sites (tertiary alicyclic amines) is 1. The number of ether oxygens (including phenoxy) is 2. The van der Waals surface area contributed by atoms with E-state index < -0.39 is 40.8 Å². The van der Waals surface area contributed by atoms with Crippen molar-refractivity contribution in [1.29, 1.82) is 0 Å². The Kier molecular flexibility index (Phi) is 7.24. The van der Waals surface area contributed by atoms with Crippen LogP contribution in [-0.2, 0) is 19.1 Å². The monoisotopic (exact) mass is 516 g/mol. The number of carbonyl (C=O) groups is 3. The van der Waals surface area contributed by atoms with Crippen molar-refractivity contribution in [3.63, 3.8) is 0 Å². The van der Waals surface area contributed by atoms with E-state index in [2.05, 4.69) is 13.2 Å². The lowest BCUT2D eigenvalue weighted by atomic mass is 9.67. The number of hydrogen-bond donors (Lipinski definition) is 0. The highest BCUT2D eigenvalue weighted by atomic mass is 16.6. The predicted octanol–water partition coefficient (Wildman–Crippen LogP) is 5.75. The number of β-lactam (4-membered cyclic amide) rings is 1. The summed E-state index contributed by atoms with van der Waals surface area (Å²) in [5.74, 6) is -0.892. The summed E-state index contributed by atoms with van der Waals surface area (Å²) in [7, 11) is 0. The third kappa shape index (κ3) is 4.40. The van der Waals surface area contributed by atoms with Crippen LogP contribution in [0.4, 0.5) is 4.79 Å². The average Bonchev–Trinajstić information content (AvgIpc) is 3.26. The maximum Gasteiger partial charge on any atom is 0.411 e. The Morgan fingerprint density at radius 3 is 2.11 bits per heavy atom. The molecule has 2 aliphatic rings. The van der Waals surface area contributed by atoms with E-state index in [0.717, 1.165) is 11.1 Å². The smallest absolute Gasteiger partial charge is 0.411 e. The summed E-state index contributed by atoms with van der Waals surface area (Å²) in [5, 5.41) is 0. The molecule has 2 saturated heterocycles. The van der Waals surface area contributed by atoms with Gasteiger partial charge in [-0.25, -0.2) is 9.59 Å². The van der Waals surface area contributed by atoms with Gasteiger partial charge in [-0.1, -0.05) is 72.8 Å². The van der Waals surface area contributed by atoms with Crippen molar-refractivity contribution in [2.45, 2.75) is 69.3 Å². The largest absolute Gasteiger partial charge is 0.458 e. The number of cyclic esters (lactones) is 1. The highest BCUT2D eigenvalue weighted by molar-refractivity contribution is 6.02. The molecule has 0 spiro atoms. The van der Waals surface area contributed by atoms with Crippen molar-refractivity contribution in [3.05, 3.63) is 97.1 Å². The van der Waals surface area contributed by atoms with E-state index in [9.17, 15) is 14.4 Å². The number of benzene rings is 2. The molecule has 7 heteroatoms. The fraction of sp³-hybridized carbons (Fsp3) is 0.387. The van der Waals surface area contributed by atoms with Crippen LogP contribution >= 0.6 is 0 Å². The Hall–Kier alpha value is -3.87. The van der Waals surface area contributed by atoms with Crippen molar-refractivity contribution in [3.8, 4) is 0 Å². The Balaban J connectivity index is 1.91. The molecule has 0 aliphatic carbocycles. The van der Waals surface area contributed by atoms with Crippen molar-refractivity contribution in [1.82, 2.24) is 9.80 Å². The fourth-order valence-corrected chi connectivity index (χ4v) is 5.64. The summed E-state index contributed by atoms with van der Waals surface area (Å²) in [4.78, 5) is 44.7. The maximum absolute atomic E-state index is 14.5. The fourth-order valence-electron chi connectivity index (χ4n) is 5.64. The second-order valence-corrected chi connectivity index (χ2v) is 11.0. The molecule has 0 bridgehead atoms. The molecule has 2 aromatic carbocycles. The van der Waals surface area contributed by atoms with E-state index in [1.807, 2.05) is 60.7 Å². The Morgan fingerprint density at radius 1 is 1.00 bits per heavy atom. The highest BCUT2D eigenvalue weighted by Gasteiger charge is 2.72. The minimum Gasteiger partial charge on any atom is -0.458 e. The second kappa shape index (κ2) is 10.1. The van der Waals surface area contributed by atoms with Gasteiger partial charge < -0.3 is 14.4 Å². The first-order valence-corrected chi connectivity index (χ1v) is 12.9. The predicted molar refractivity (Wildman–Crippen MR) is 145 cm³/mol. The van der Waals surface area contributed by atoms with Gasteiger partial charge in [0.05, 0.1) is 12.1 Å². The van der Waals surface area contributed by atoms with Crippen LogP contribution in [0, 0.1) is 0 Å². The topological polar surface area (TPSA) is 76.2 Å². The molecule has 0 saturated carbocycles. The number of nitrogens with zero attached hydrogens (tertiary/aromatic N) is 2. The summed E-state index contributed by atoms with van der Waals surface area (Å²) >= 11 is 0. The molecule has 4 rings (SSSR count). The zero-order chi connectivity index (χ0) is 27.7. The zero-order valence-electron chi connectivity index (χ0n) is 22.6. The van der Waals surface area contributed by atoms with E-state index in [1.165, 1.54) is 0 Å². The van der Waals surface area contributed by atoms with Gasteiger partial charge in [0, 0.05) is 0 Å². The standard InChI is InChI=1S/C31H36N2O5/c1-7-19-30(6,27(35)38-29(3,4)5)33-25(23-17-13-10-14-18-23)31(20-8-2,26(33)34)32-24(21-37-28(32)36)22-15-11-9-12-16-22/h7-18,24-25H,1-2,19-21H2,3-6H3/t24-,25-,30-,31+/m1/s1. The molecular weight excluding hydrogens is 480 g/mol. The average molecular weight is 517 g/mol. The summed E-state index contributed by atoms with van der Waals surface area (Å²) in [6, 6.07) is 17.8. The first-order chi connectivity index (χ1) is 18.0.